The second-order valence-electron chi connectivity index (χ2n) is 6.97. The van der Waals surface area contributed by atoms with E-state index in [0.717, 1.165) is 45.9 Å². The molecule has 0 saturated carbocycles. The summed E-state index contributed by atoms with van der Waals surface area (Å²) in [6.45, 7) is 0.642. The second-order valence-corrected chi connectivity index (χ2v) is 6.97. The molecule has 2 aromatic carbocycles. The molecule has 1 aliphatic carbocycles. The number of hydrogen-bond donors (Lipinski definition) is 1. The van der Waals surface area contributed by atoms with Crippen LogP contribution >= 0.6 is 0 Å². The Hall–Kier alpha value is -3.41. The Morgan fingerprint density at radius 2 is 1.86 bits per heavy atom. The van der Waals surface area contributed by atoms with E-state index < -0.39 is 0 Å². The lowest BCUT2D eigenvalue weighted by Gasteiger charge is -2.12. The first-order valence-electron chi connectivity index (χ1n) is 9.58. The topological polar surface area (TPSA) is 73.3 Å². The molecule has 4 rings (SSSR count). The minimum Gasteiger partial charge on any atom is -0.497 e. The van der Waals surface area contributed by atoms with Gasteiger partial charge in [0.15, 0.2) is 0 Å². The smallest absolute Gasteiger partial charge is 0.223 e. The van der Waals surface area contributed by atoms with Crippen LogP contribution in [0.1, 0.15) is 16.7 Å². The van der Waals surface area contributed by atoms with Gasteiger partial charge in [-0.05, 0) is 35.7 Å². The highest BCUT2D eigenvalue weighted by Gasteiger charge is 2.20. The lowest BCUT2D eigenvalue weighted by atomic mass is 10.0. The molecular weight excluding hydrogens is 366 g/mol. The summed E-state index contributed by atoms with van der Waals surface area (Å²) in [6, 6.07) is 13.7. The van der Waals surface area contributed by atoms with Crippen molar-refractivity contribution in [3.05, 3.63) is 65.4 Å². The Labute approximate surface area is 169 Å². The molecule has 0 spiro atoms. The average molecular weight is 389 g/mol. The number of nitrogens with one attached hydrogen (secondary N) is 1. The van der Waals surface area contributed by atoms with Gasteiger partial charge in [0.25, 0.3) is 0 Å². The van der Waals surface area contributed by atoms with Crippen molar-refractivity contribution >= 4 is 11.7 Å². The molecule has 1 N–H and O–H groups in total. The van der Waals surface area contributed by atoms with Gasteiger partial charge in [0.2, 0.25) is 5.95 Å². The van der Waals surface area contributed by atoms with Crippen LogP contribution in [0.3, 0.4) is 0 Å². The van der Waals surface area contributed by atoms with Gasteiger partial charge in [-0.25, -0.2) is 9.97 Å². The molecule has 0 aliphatic heterocycles. The summed E-state index contributed by atoms with van der Waals surface area (Å²) in [4.78, 5) is 21.4. The van der Waals surface area contributed by atoms with Crippen LogP contribution in [0.15, 0.2) is 48.7 Å². The number of fused-ring (bicyclic) bond motifs is 3. The van der Waals surface area contributed by atoms with Crippen LogP contribution in [0.25, 0.3) is 11.3 Å². The molecule has 1 aromatic heterocycles. The van der Waals surface area contributed by atoms with E-state index in [2.05, 4.69) is 10.3 Å². The summed E-state index contributed by atoms with van der Waals surface area (Å²) in [6.07, 6.45) is 3.29. The maximum absolute atomic E-state index is 12.2. The van der Waals surface area contributed by atoms with E-state index in [1.165, 1.54) is 0 Å². The van der Waals surface area contributed by atoms with Gasteiger partial charge in [-0.2, -0.15) is 0 Å². The number of benzene rings is 2. The SMILES string of the molecule is COc1ccc(OC)c(CCNc2ncc3c(n2)-c2ccccc2CC(=O)C3)c1. The first kappa shape index (κ1) is 18.9. The van der Waals surface area contributed by atoms with E-state index in [-0.39, 0.29) is 5.78 Å². The minimum absolute atomic E-state index is 0.186. The third kappa shape index (κ3) is 4.06. The molecule has 6 nitrogen and oxygen atoms in total. The first-order chi connectivity index (χ1) is 14.2. The molecule has 29 heavy (non-hydrogen) atoms. The fourth-order valence-electron chi connectivity index (χ4n) is 3.63. The Morgan fingerprint density at radius 3 is 2.69 bits per heavy atom. The standard InChI is InChI=1S/C23H23N3O3/c1-28-19-7-8-21(29-2)16(13-19)9-10-24-23-25-14-17-12-18(27)11-15-5-3-4-6-20(15)22(17)26-23/h3-8,13-14H,9-12H2,1-2H3,(H,24,25,26). The van der Waals surface area contributed by atoms with Crippen molar-refractivity contribution in [3.63, 3.8) is 0 Å². The molecule has 6 heteroatoms. The average Bonchev–Trinajstić information content (AvgIpc) is 2.88. The lowest BCUT2D eigenvalue weighted by Crippen LogP contribution is -2.10. The predicted molar refractivity (Wildman–Crippen MR) is 112 cm³/mol. The number of hydrogen-bond acceptors (Lipinski definition) is 6. The van der Waals surface area contributed by atoms with Crippen LogP contribution < -0.4 is 14.8 Å². The minimum atomic E-state index is 0.186. The molecule has 148 valence electrons. The van der Waals surface area contributed by atoms with Crippen LogP contribution in [-0.2, 0) is 24.1 Å². The van der Waals surface area contributed by atoms with Gasteiger partial charge < -0.3 is 14.8 Å². The van der Waals surface area contributed by atoms with Gasteiger partial charge in [-0.15, -0.1) is 0 Å². The number of anilines is 1. The van der Waals surface area contributed by atoms with E-state index in [4.69, 9.17) is 14.5 Å². The fraction of sp³-hybridized carbons (Fsp3) is 0.261. The van der Waals surface area contributed by atoms with Crippen molar-refractivity contribution in [2.75, 3.05) is 26.1 Å². The molecule has 1 aliphatic rings. The van der Waals surface area contributed by atoms with Gasteiger partial charge in [0.05, 0.1) is 19.9 Å². The van der Waals surface area contributed by atoms with Crippen LogP contribution in [0, 0.1) is 0 Å². The van der Waals surface area contributed by atoms with Crippen molar-refractivity contribution in [2.45, 2.75) is 19.3 Å². The zero-order valence-corrected chi connectivity index (χ0v) is 16.6. The molecule has 0 atom stereocenters. The highest BCUT2D eigenvalue weighted by molar-refractivity contribution is 5.89. The van der Waals surface area contributed by atoms with E-state index in [1.54, 1.807) is 20.4 Å². The molecule has 0 radical (unpaired) electrons. The lowest BCUT2D eigenvalue weighted by molar-refractivity contribution is -0.117. The summed E-state index contributed by atoms with van der Waals surface area (Å²) < 4.78 is 10.7. The maximum Gasteiger partial charge on any atom is 0.223 e. The Bertz CT molecular complexity index is 1050. The van der Waals surface area contributed by atoms with Crippen molar-refractivity contribution < 1.29 is 14.3 Å². The molecule has 0 bridgehead atoms. The number of carbonyl (C=O) groups is 1. The number of nitrogens with zero attached hydrogens (tertiary/aromatic N) is 2. The van der Waals surface area contributed by atoms with Crippen molar-refractivity contribution in [2.24, 2.45) is 0 Å². The van der Waals surface area contributed by atoms with Gasteiger partial charge >= 0.3 is 0 Å². The van der Waals surface area contributed by atoms with E-state index in [0.29, 0.717) is 25.3 Å². The number of rotatable bonds is 6. The van der Waals surface area contributed by atoms with E-state index >= 15 is 0 Å². The zero-order chi connectivity index (χ0) is 20.2. The van der Waals surface area contributed by atoms with Crippen molar-refractivity contribution in [1.29, 1.82) is 0 Å². The second kappa shape index (κ2) is 8.31. The number of Topliss-reactive ketones (excluding diaryl/α,β-unsaturated/α-hetero) is 1. The molecule has 0 fully saturated rings. The van der Waals surface area contributed by atoms with Gasteiger partial charge in [0.1, 0.15) is 17.3 Å². The Kier molecular flexibility index (Phi) is 5.42. The van der Waals surface area contributed by atoms with Gasteiger partial charge in [-0.3, -0.25) is 4.79 Å². The Balaban J connectivity index is 1.54. The monoisotopic (exact) mass is 389 g/mol. The number of carbonyl (C=O) groups excluding carboxylic acids is 1. The maximum atomic E-state index is 12.2. The summed E-state index contributed by atoms with van der Waals surface area (Å²) in [5.74, 6) is 2.35. The fourth-order valence-corrected chi connectivity index (χ4v) is 3.63. The molecule has 3 aromatic rings. The van der Waals surface area contributed by atoms with Crippen molar-refractivity contribution in [1.82, 2.24) is 9.97 Å². The molecular formula is C23H23N3O3. The predicted octanol–water partition coefficient (Wildman–Crippen LogP) is 3.48. The van der Waals surface area contributed by atoms with Crippen LogP contribution in [-0.4, -0.2) is 36.5 Å². The third-order valence-electron chi connectivity index (χ3n) is 5.08. The summed E-state index contributed by atoms with van der Waals surface area (Å²) in [7, 11) is 3.31. The molecule has 0 saturated heterocycles. The number of ketones is 1. The highest BCUT2D eigenvalue weighted by Crippen LogP contribution is 2.30. The Morgan fingerprint density at radius 1 is 1.03 bits per heavy atom. The zero-order valence-electron chi connectivity index (χ0n) is 16.6. The number of ether oxygens (including phenoxy) is 2. The van der Waals surface area contributed by atoms with Gasteiger partial charge in [-0.1, -0.05) is 24.3 Å². The highest BCUT2D eigenvalue weighted by atomic mass is 16.5. The van der Waals surface area contributed by atoms with Gasteiger partial charge in [0, 0.05) is 36.7 Å². The molecule has 0 amide bonds. The molecule has 0 unspecified atom stereocenters. The van der Waals surface area contributed by atoms with Crippen molar-refractivity contribution in [3.8, 4) is 22.8 Å². The summed E-state index contributed by atoms with van der Waals surface area (Å²) in [5, 5.41) is 3.29. The number of aromatic nitrogens is 2. The first-order valence-corrected chi connectivity index (χ1v) is 9.58. The summed E-state index contributed by atoms with van der Waals surface area (Å²) in [5.41, 5.74) is 4.78. The normalized spacial score (nSPS) is 12.6. The molecule has 1 heterocycles. The van der Waals surface area contributed by atoms with E-state index in [9.17, 15) is 4.79 Å². The van der Waals surface area contributed by atoms with Crippen LogP contribution in [0.4, 0.5) is 5.95 Å². The van der Waals surface area contributed by atoms with Crippen LogP contribution in [0.5, 0.6) is 11.5 Å². The largest absolute Gasteiger partial charge is 0.497 e. The summed E-state index contributed by atoms with van der Waals surface area (Å²) >= 11 is 0. The number of methoxy groups -OCH3 is 2. The quantitative estimate of drug-likeness (QED) is 0.696. The third-order valence-corrected chi connectivity index (χ3v) is 5.08. The van der Waals surface area contributed by atoms with Crippen LogP contribution in [0.2, 0.25) is 0 Å². The van der Waals surface area contributed by atoms with E-state index in [1.807, 2.05) is 42.5 Å².